The fourth-order valence-corrected chi connectivity index (χ4v) is 1.63. The lowest BCUT2D eigenvalue weighted by atomic mass is 9.89. The average Bonchev–Trinajstić information content (AvgIpc) is 2.17. The summed E-state index contributed by atoms with van der Waals surface area (Å²) in [5.41, 5.74) is 0.190. The molecule has 0 aliphatic rings. The van der Waals surface area contributed by atoms with Crippen LogP contribution in [0, 0.1) is 0 Å². The first-order valence-corrected chi connectivity index (χ1v) is 4.98. The summed E-state index contributed by atoms with van der Waals surface area (Å²) in [5, 5.41) is 10.8. The molecule has 0 saturated carbocycles. The number of halogens is 1. The molecule has 0 aliphatic carbocycles. The minimum Gasteiger partial charge on any atom is -0.385 e. The Bertz CT molecular complexity index is 279. The van der Waals surface area contributed by atoms with Crippen LogP contribution < -0.4 is 0 Å². The van der Waals surface area contributed by atoms with Gasteiger partial charge in [0.25, 0.3) is 0 Å². The second-order valence-corrected chi connectivity index (χ2v) is 3.69. The van der Waals surface area contributed by atoms with Gasteiger partial charge < -0.3 is 5.11 Å². The zero-order valence-electron chi connectivity index (χ0n) is 8.05. The van der Waals surface area contributed by atoms with E-state index >= 15 is 0 Å². The van der Waals surface area contributed by atoms with Gasteiger partial charge in [0.05, 0.1) is 5.60 Å². The second kappa shape index (κ2) is 4.12. The maximum atomic E-state index is 10.2. The Morgan fingerprint density at radius 3 is 2.38 bits per heavy atom. The van der Waals surface area contributed by atoms with Crippen molar-refractivity contribution >= 4 is 11.6 Å². The molecule has 0 bridgehead atoms. The smallest absolute Gasteiger partial charge is 0.0891 e. The molecule has 0 heterocycles. The van der Waals surface area contributed by atoms with Gasteiger partial charge in [0, 0.05) is 5.02 Å². The largest absolute Gasteiger partial charge is 0.385 e. The zero-order valence-corrected chi connectivity index (χ0v) is 8.80. The first-order valence-electron chi connectivity index (χ1n) is 4.61. The highest BCUT2D eigenvalue weighted by Gasteiger charge is 2.24. The topological polar surface area (TPSA) is 20.2 Å². The van der Waals surface area contributed by atoms with Gasteiger partial charge >= 0.3 is 0 Å². The molecule has 0 fully saturated rings. The second-order valence-electron chi connectivity index (χ2n) is 3.25. The van der Waals surface area contributed by atoms with Crippen LogP contribution in [0.2, 0.25) is 5.02 Å². The molecule has 0 spiro atoms. The number of rotatable bonds is 3. The number of hydrogen-bond donors (Lipinski definition) is 1. The van der Waals surface area contributed by atoms with Crippen LogP contribution in [-0.2, 0) is 5.60 Å². The molecule has 0 aromatic heterocycles. The van der Waals surface area contributed by atoms with Crippen LogP contribution in [0.15, 0.2) is 24.3 Å². The van der Waals surface area contributed by atoms with Gasteiger partial charge in [-0.1, -0.05) is 37.6 Å². The third-order valence-corrected chi connectivity index (χ3v) is 2.77. The Kier molecular flexibility index (Phi) is 3.34. The van der Waals surface area contributed by atoms with E-state index in [4.69, 9.17) is 11.6 Å². The van der Waals surface area contributed by atoms with E-state index in [0.29, 0.717) is 17.9 Å². The molecule has 1 aromatic carbocycles. The molecule has 0 radical (unpaired) electrons. The third-order valence-electron chi connectivity index (χ3n) is 2.53. The lowest BCUT2D eigenvalue weighted by Crippen LogP contribution is -2.23. The van der Waals surface area contributed by atoms with E-state index in [0.717, 1.165) is 5.56 Å². The van der Waals surface area contributed by atoms with Crippen molar-refractivity contribution in [1.82, 2.24) is 0 Å². The molecule has 0 atom stereocenters. The summed E-state index contributed by atoms with van der Waals surface area (Å²) in [6.07, 6.45) is 1.42. The van der Waals surface area contributed by atoms with Crippen LogP contribution >= 0.6 is 11.6 Å². The van der Waals surface area contributed by atoms with Crippen molar-refractivity contribution in [2.75, 3.05) is 0 Å². The molecular weight excluding hydrogens is 184 g/mol. The Morgan fingerprint density at radius 2 is 1.92 bits per heavy atom. The average molecular weight is 199 g/mol. The lowest BCUT2D eigenvalue weighted by molar-refractivity contribution is 0.0284. The predicted octanol–water partition coefficient (Wildman–Crippen LogP) is 3.35. The SMILES string of the molecule is CCC(O)(CC)c1cccc(Cl)c1. The quantitative estimate of drug-likeness (QED) is 0.790. The maximum absolute atomic E-state index is 10.2. The summed E-state index contributed by atoms with van der Waals surface area (Å²) >= 11 is 5.85. The van der Waals surface area contributed by atoms with Crippen molar-refractivity contribution in [3.05, 3.63) is 34.9 Å². The normalized spacial score (nSPS) is 11.7. The Hall–Kier alpha value is -0.530. The van der Waals surface area contributed by atoms with Crippen LogP contribution in [0.3, 0.4) is 0 Å². The summed E-state index contributed by atoms with van der Waals surface area (Å²) in [6, 6.07) is 7.43. The van der Waals surface area contributed by atoms with Crippen molar-refractivity contribution in [3.63, 3.8) is 0 Å². The zero-order chi connectivity index (χ0) is 9.90. The van der Waals surface area contributed by atoms with Crippen molar-refractivity contribution in [3.8, 4) is 0 Å². The van der Waals surface area contributed by atoms with E-state index in [1.54, 1.807) is 0 Å². The molecule has 13 heavy (non-hydrogen) atoms. The minimum absolute atomic E-state index is 0.679. The van der Waals surface area contributed by atoms with E-state index < -0.39 is 5.60 Å². The molecule has 1 nitrogen and oxygen atoms in total. The third kappa shape index (κ3) is 2.23. The van der Waals surface area contributed by atoms with E-state index in [9.17, 15) is 5.11 Å². The van der Waals surface area contributed by atoms with Crippen molar-refractivity contribution < 1.29 is 5.11 Å². The van der Waals surface area contributed by atoms with Gasteiger partial charge in [-0.05, 0) is 30.5 Å². The van der Waals surface area contributed by atoms with Gasteiger partial charge in [-0.2, -0.15) is 0 Å². The first kappa shape index (κ1) is 10.6. The van der Waals surface area contributed by atoms with Gasteiger partial charge in [-0.3, -0.25) is 0 Å². The van der Waals surface area contributed by atoms with E-state index in [1.807, 2.05) is 38.1 Å². The van der Waals surface area contributed by atoms with Crippen LogP contribution in [0.5, 0.6) is 0 Å². The highest BCUT2D eigenvalue weighted by Crippen LogP contribution is 2.29. The maximum Gasteiger partial charge on any atom is 0.0891 e. The minimum atomic E-state index is -0.717. The van der Waals surface area contributed by atoms with Gasteiger partial charge in [0.1, 0.15) is 0 Å². The molecule has 0 aliphatic heterocycles. The van der Waals surface area contributed by atoms with Gasteiger partial charge in [0.15, 0.2) is 0 Å². The van der Waals surface area contributed by atoms with Gasteiger partial charge in [-0.15, -0.1) is 0 Å². The number of hydrogen-bond acceptors (Lipinski definition) is 1. The lowest BCUT2D eigenvalue weighted by Gasteiger charge is -2.25. The van der Waals surface area contributed by atoms with E-state index in [2.05, 4.69) is 0 Å². The Morgan fingerprint density at radius 1 is 1.31 bits per heavy atom. The molecule has 0 unspecified atom stereocenters. The van der Waals surface area contributed by atoms with Crippen molar-refractivity contribution in [1.29, 1.82) is 0 Å². The van der Waals surface area contributed by atoms with Crippen LogP contribution in [0.1, 0.15) is 32.3 Å². The summed E-state index contributed by atoms with van der Waals surface area (Å²) in [4.78, 5) is 0. The van der Waals surface area contributed by atoms with E-state index in [-0.39, 0.29) is 0 Å². The van der Waals surface area contributed by atoms with Crippen molar-refractivity contribution in [2.45, 2.75) is 32.3 Å². The highest BCUT2D eigenvalue weighted by atomic mass is 35.5. The molecule has 1 aromatic rings. The van der Waals surface area contributed by atoms with Gasteiger partial charge in [0.2, 0.25) is 0 Å². The van der Waals surface area contributed by atoms with Gasteiger partial charge in [-0.25, -0.2) is 0 Å². The Balaban J connectivity index is 3.05. The van der Waals surface area contributed by atoms with Crippen LogP contribution in [-0.4, -0.2) is 5.11 Å². The standard InChI is InChI=1S/C11H15ClO/c1-3-11(13,4-2)9-6-5-7-10(12)8-9/h5-8,13H,3-4H2,1-2H3. The molecular formula is C11H15ClO. The number of aliphatic hydroxyl groups is 1. The molecule has 72 valence electrons. The number of benzene rings is 1. The van der Waals surface area contributed by atoms with E-state index in [1.165, 1.54) is 0 Å². The summed E-state index contributed by atoms with van der Waals surface area (Å²) in [7, 11) is 0. The molecule has 2 heteroatoms. The predicted molar refractivity (Wildman–Crippen MR) is 55.9 cm³/mol. The molecule has 0 saturated heterocycles. The summed E-state index contributed by atoms with van der Waals surface area (Å²) in [5.74, 6) is 0. The van der Waals surface area contributed by atoms with Crippen LogP contribution in [0.4, 0.5) is 0 Å². The highest BCUT2D eigenvalue weighted by molar-refractivity contribution is 6.30. The summed E-state index contributed by atoms with van der Waals surface area (Å²) < 4.78 is 0. The van der Waals surface area contributed by atoms with Crippen LogP contribution in [0.25, 0.3) is 0 Å². The summed E-state index contributed by atoms with van der Waals surface area (Å²) in [6.45, 7) is 3.95. The Labute approximate surface area is 84.4 Å². The van der Waals surface area contributed by atoms with Crippen molar-refractivity contribution in [2.24, 2.45) is 0 Å². The fourth-order valence-electron chi connectivity index (χ4n) is 1.44. The molecule has 1 N–H and O–H groups in total. The molecule has 0 amide bonds. The molecule has 1 rings (SSSR count). The monoisotopic (exact) mass is 198 g/mol. The first-order chi connectivity index (χ1) is 6.12. The fraction of sp³-hybridized carbons (Fsp3) is 0.455.